The number of esters is 1. The van der Waals surface area contributed by atoms with E-state index in [1.165, 1.54) is 7.11 Å². The van der Waals surface area contributed by atoms with Crippen molar-refractivity contribution in [2.75, 3.05) is 19.0 Å². The average molecular weight is 500 g/mol. The second kappa shape index (κ2) is 8.42. The van der Waals surface area contributed by atoms with E-state index in [0.29, 0.717) is 30.1 Å². The van der Waals surface area contributed by atoms with Gasteiger partial charge in [-0.05, 0) is 48.7 Å². The molecule has 6 rings (SSSR count). The van der Waals surface area contributed by atoms with E-state index in [-0.39, 0.29) is 12.1 Å². The summed E-state index contributed by atoms with van der Waals surface area (Å²) in [5, 5.41) is 5.06. The molecule has 0 aliphatic carbocycles. The molecule has 4 aromatic rings. The van der Waals surface area contributed by atoms with E-state index in [1.807, 2.05) is 60.4 Å². The number of rotatable bonds is 4. The maximum Gasteiger partial charge on any atom is 0.354 e. The maximum absolute atomic E-state index is 13.7. The molecule has 1 amide bonds. The van der Waals surface area contributed by atoms with Crippen molar-refractivity contribution >= 4 is 40.1 Å². The molecule has 36 heavy (non-hydrogen) atoms. The Bertz CT molecular complexity index is 1530. The molecule has 0 radical (unpaired) electrons. The zero-order valence-electron chi connectivity index (χ0n) is 20.1. The lowest BCUT2D eigenvalue weighted by Gasteiger charge is -2.33. The lowest BCUT2D eigenvalue weighted by atomic mass is 9.72. The molecule has 6 nitrogen and oxygen atoms in total. The number of aromatic nitrogens is 1. The van der Waals surface area contributed by atoms with E-state index in [1.54, 1.807) is 6.07 Å². The molecule has 0 spiro atoms. The SMILES string of the molecule is COC(=O)c1[nH]c2ccc(Cl)cc2c1C12CCN(C(=O)Cc3cccc(C)c3)C1Nc1ccccc12. The number of ether oxygens (including phenoxy) is 1. The molecule has 1 saturated heterocycles. The van der Waals surface area contributed by atoms with Crippen LogP contribution in [0.25, 0.3) is 10.9 Å². The number of carbonyl (C=O) groups is 2. The topological polar surface area (TPSA) is 74.4 Å². The second-order valence-corrected chi connectivity index (χ2v) is 10.1. The minimum Gasteiger partial charge on any atom is -0.464 e. The summed E-state index contributed by atoms with van der Waals surface area (Å²) in [7, 11) is 1.38. The van der Waals surface area contributed by atoms with Gasteiger partial charge in [0.05, 0.1) is 18.9 Å². The zero-order valence-corrected chi connectivity index (χ0v) is 20.9. The minimum atomic E-state index is -0.648. The van der Waals surface area contributed by atoms with Crippen LogP contribution in [0.2, 0.25) is 5.02 Å². The quantitative estimate of drug-likeness (QED) is 0.367. The number of carbonyl (C=O) groups excluding carboxylic acids is 2. The Morgan fingerprint density at radius 2 is 1.94 bits per heavy atom. The van der Waals surface area contributed by atoms with Crippen LogP contribution in [0.5, 0.6) is 0 Å². The molecule has 3 aromatic carbocycles. The summed E-state index contributed by atoms with van der Waals surface area (Å²) in [6.45, 7) is 2.59. The standard InChI is InChI=1S/C29H26ClN3O3/c1-17-6-5-7-18(14-17)15-24(34)33-13-12-29(21-8-3-4-9-23(21)32-28(29)33)25-20-16-19(30)10-11-22(20)31-26(25)27(35)36-2/h3-11,14,16,28,31-32H,12-13,15H2,1-2H3. The summed E-state index contributed by atoms with van der Waals surface area (Å²) in [6.07, 6.45) is 0.620. The van der Waals surface area contributed by atoms with Crippen LogP contribution in [-0.4, -0.2) is 41.6 Å². The van der Waals surface area contributed by atoms with Gasteiger partial charge in [-0.3, -0.25) is 4.79 Å². The number of methoxy groups -OCH3 is 1. The number of halogens is 1. The molecule has 1 aromatic heterocycles. The van der Waals surface area contributed by atoms with E-state index in [9.17, 15) is 9.59 Å². The molecule has 182 valence electrons. The Labute approximate surface area is 214 Å². The first kappa shape index (κ1) is 22.7. The van der Waals surface area contributed by atoms with Gasteiger partial charge in [0.1, 0.15) is 11.9 Å². The fourth-order valence-corrected chi connectivity index (χ4v) is 6.28. The summed E-state index contributed by atoms with van der Waals surface area (Å²) >= 11 is 6.43. The lowest BCUT2D eigenvalue weighted by Crippen LogP contribution is -2.47. The van der Waals surface area contributed by atoms with Crippen molar-refractivity contribution in [1.29, 1.82) is 0 Å². The first-order valence-electron chi connectivity index (χ1n) is 12.0. The van der Waals surface area contributed by atoms with Gasteiger partial charge in [0.25, 0.3) is 0 Å². The third kappa shape index (κ3) is 3.32. The van der Waals surface area contributed by atoms with Crippen molar-refractivity contribution in [1.82, 2.24) is 9.88 Å². The number of fused-ring (bicyclic) bond motifs is 4. The Morgan fingerprint density at radius 1 is 1.11 bits per heavy atom. The van der Waals surface area contributed by atoms with Crippen molar-refractivity contribution in [3.05, 3.63) is 99.7 Å². The van der Waals surface area contributed by atoms with Crippen LogP contribution in [0.15, 0.2) is 66.7 Å². The summed E-state index contributed by atoms with van der Waals surface area (Å²) in [5.74, 6) is -0.398. The van der Waals surface area contributed by atoms with Crippen LogP contribution in [0, 0.1) is 6.92 Å². The number of aryl methyl sites for hydroxylation is 1. The van der Waals surface area contributed by atoms with Gasteiger partial charge in [-0.25, -0.2) is 4.79 Å². The zero-order chi connectivity index (χ0) is 25.0. The molecular weight excluding hydrogens is 474 g/mol. The second-order valence-electron chi connectivity index (χ2n) is 9.62. The third-order valence-electron chi connectivity index (χ3n) is 7.58. The highest BCUT2D eigenvalue weighted by molar-refractivity contribution is 6.31. The van der Waals surface area contributed by atoms with Crippen LogP contribution >= 0.6 is 11.6 Å². The summed E-state index contributed by atoms with van der Waals surface area (Å²) in [6, 6.07) is 21.7. The van der Waals surface area contributed by atoms with E-state index < -0.39 is 11.4 Å². The van der Waals surface area contributed by atoms with Crippen LogP contribution in [0.3, 0.4) is 0 Å². The molecule has 2 N–H and O–H groups in total. The molecule has 0 bridgehead atoms. The van der Waals surface area contributed by atoms with Gasteiger partial charge < -0.3 is 19.9 Å². The smallest absolute Gasteiger partial charge is 0.354 e. The Balaban J connectivity index is 1.53. The number of H-pyrrole nitrogens is 1. The molecule has 0 saturated carbocycles. The number of nitrogens with zero attached hydrogens (tertiary/aromatic N) is 1. The first-order chi connectivity index (χ1) is 17.4. The number of aromatic amines is 1. The van der Waals surface area contributed by atoms with E-state index in [0.717, 1.165) is 38.8 Å². The molecule has 2 aliphatic rings. The van der Waals surface area contributed by atoms with Gasteiger partial charge in [0.2, 0.25) is 5.91 Å². The highest BCUT2D eigenvalue weighted by Crippen LogP contribution is 2.55. The van der Waals surface area contributed by atoms with Crippen LogP contribution in [0.1, 0.15) is 39.2 Å². The Kier molecular flexibility index (Phi) is 5.30. The number of hydrogen-bond donors (Lipinski definition) is 2. The third-order valence-corrected chi connectivity index (χ3v) is 7.81. The number of benzene rings is 3. The molecule has 2 unspecified atom stereocenters. The number of anilines is 1. The van der Waals surface area contributed by atoms with E-state index in [2.05, 4.69) is 22.4 Å². The highest BCUT2D eigenvalue weighted by atomic mass is 35.5. The van der Waals surface area contributed by atoms with Crippen LogP contribution in [-0.2, 0) is 21.4 Å². The number of para-hydroxylation sites is 1. The predicted octanol–water partition coefficient (Wildman–Crippen LogP) is 5.43. The number of hydrogen-bond acceptors (Lipinski definition) is 4. The molecule has 2 atom stereocenters. The molecule has 3 heterocycles. The fourth-order valence-electron chi connectivity index (χ4n) is 6.10. The normalized spacial score (nSPS) is 20.2. The van der Waals surface area contributed by atoms with Gasteiger partial charge in [-0.2, -0.15) is 0 Å². The van der Waals surface area contributed by atoms with E-state index >= 15 is 0 Å². The van der Waals surface area contributed by atoms with Crippen molar-refractivity contribution in [2.45, 2.75) is 31.3 Å². The highest BCUT2D eigenvalue weighted by Gasteiger charge is 2.58. The predicted molar refractivity (Wildman–Crippen MR) is 140 cm³/mol. The number of amides is 1. The molecule has 7 heteroatoms. The first-order valence-corrected chi connectivity index (χ1v) is 12.4. The minimum absolute atomic E-state index is 0.0465. The van der Waals surface area contributed by atoms with Crippen molar-refractivity contribution in [3.63, 3.8) is 0 Å². The maximum atomic E-state index is 13.7. The largest absolute Gasteiger partial charge is 0.464 e. The number of nitrogens with one attached hydrogen (secondary N) is 2. The van der Waals surface area contributed by atoms with Crippen molar-refractivity contribution < 1.29 is 14.3 Å². The van der Waals surface area contributed by atoms with Gasteiger partial charge in [-0.15, -0.1) is 0 Å². The monoisotopic (exact) mass is 499 g/mol. The lowest BCUT2D eigenvalue weighted by molar-refractivity contribution is -0.131. The molecule has 1 fully saturated rings. The van der Waals surface area contributed by atoms with Crippen molar-refractivity contribution in [3.8, 4) is 0 Å². The van der Waals surface area contributed by atoms with Gasteiger partial charge >= 0.3 is 5.97 Å². The Morgan fingerprint density at radius 3 is 2.75 bits per heavy atom. The van der Waals surface area contributed by atoms with Crippen molar-refractivity contribution in [2.24, 2.45) is 0 Å². The summed E-state index contributed by atoms with van der Waals surface area (Å²) < 4.78 is 5.19. The fraction of sp³-hybridized carbons (Fsp3) is 0.241. The molecular formula is C29H26ClN3O3. The molecule has 2 aliphatic heterocycles. The average Bonchev–Trinajstić information content (AvgIpc) is 3.52. The Hall–Kier alpha value is -3.77. The number of likely N-dealkylation sites (tertiary alicyclic amines) is 1. The van der Waals surface area contributed by atoms with Crippen LogP contribution < -0.4 is 5.32 Å². The summed E-state index contributed by atoms with van der Waals surface area (Å²) in [4.78, 5) is 31.9. The van der Waals surface area contributed by atoms with E-state index in [4.69, 9.17) is 16.3 Å². The van der Waals surface area contributed by atoms with Crippen LogP contribution in [0.4, 0.5) is 5.69 Å². The van der Waals surface area contributed by atoms with Gasteiger partial charge in [0, 0.05) is 33.7 Å². The summed E-state index contributed by atoms with van der Waals surface area (Å²) in [5.41, 5.74) is 5.51. The van der Waals surface area contributed by atoms with Gasteiger partial charge in [-0.1, -0.05) is 59.6 Å². The van der Waals surface area contributed by atoms with Gasteiger partial charge in [0.15, 0.2) is 0 Å².